The maximum absolute atomic E-state index is 12.6. The molecule has 2 aliphatic heterocycles. The zero-order chi connectivity index (χ0) is 23.5. The largest absolute Gasteiger partial charge is 0.486 e. The molecule has 1 saturated heterocycles. The minimum Gasteiger partial charge on any atom is -0.486 e. The van der Waals surface area contributed by atoms with Crippen molar-refractivity contribution in [3.63, 3.8) is 0 Å². The molecule has 1 fully saturated rings. The Hall–Kier alpha value is -4.08. The lowest BCUT2D eigenvalue weighted by Gasteiger charge is -2.22. The summed E-state index contributed by atoms with van der Waals surface area (Å²) in [6.07, 6.45) is -1.09. The van der Waals surface area contributed by atoms with Crippen molar-refractivity contribution in [3.05, 3.63) is 48.0 Å². The number of nitrogens with zero attached hydrogens (tertiary/aromatic N) is 1. The van der Waals surface area contributed by atoms with Gasteiger partial charge in [-0.3, -0.25) is 19.2 Å². The van der Waals surface area contributed by atoms with Crippen molar-refractivity contribution in [2.45, 2.75) is 19.4 Å². The molecule has 2 heterocycles. The first-order chi connectivity index (χ1) is 15.8. The second-order valence-corrected chi connectivity index (χ2v) is 7.74. The predicted molar refractivity (Wildman–Crippen MR) is 117 cm³/mol. The summed E-state index contributed by atoms with van der Waals surface area (Å²) in [5.74, 6) is -1.51. The van der Waals surface area contributed by atoms with Gasteiger partial charge in [-0.15, -0.1) is 0 Å². The summed E-state index contributed by atoms with van der Waals surface area (Å²) in [7, 11) is 0. The second kappa shape index (κ2) is 9.19. The van der Waals surface area contributed by atoms with Crippen molar-refractivity contribution >= 4 is 35.1 Å². The number of fused-ring (bicyclic) bond motifs is 1. The molecular formula is C23H23N3O7. The number of primary amides is 1. The standard InChI is InChI=1S/C23H23N3O7/c1-13(22(29)25-16-4-2-14(3-5-16)21(24)28)33-23(30)15-10-20(27)26(12-15)17-6-7-18-19(11-17)32-9-8-31-18/h2-7,11,13,15H,8-10,12H2,1H3,(H2,24,28)(H,25,29)/t13-,15-/m1/s1. The molecule has 3 N–H and O–H groups in total. The summed E-state index contributed by atoms with van der Waals surface area (Å²) in [6.45, 7) is 2.47. The summed E-state index contributed by atoms with van der Waals surface area (Å²) < 4.78 is 16.4. The first-order valence-electron chi connectivity index (χ1n) is 10.4. The monoisotopic (exact) mass is 453 g/mol. The first kappa shape index (κ1) is 22.1. The topological polar surface area (TPSA) is 137 Å². The number of esters is 1. The van der Waals surface area contributed by atoms with E-state index < -0.39 is 29.8 Å². The van der Waals surface area contributed by atoms with Gasteiger partial charge in [0.2, 0.25) is 11.8 Å². The van der Waals surface area contributed by atoms with Crippen LogP contribution < -0.4 is 25.4 Å². The van der Waals surface area contributed by atoms with E-state index in [1.165, 1.54) is 36.1 Å². The Bertz CT molecular complexity index is 1100. The molecule has 172 valence electrons. The van der Waals surface area contributed by atoms with Crippen LogP contribution in [0, 0.1) is 5.92 Å². The van der Waals surface area contributed by atoms with E-state index in [-0.39, 0.29) is 18.9 Å². The first-order valence-corrected chi connectivity index (χ1v) is 10.4. The smallest absolute Gasteiger partial charge is 0.312 e. The van der Waals surface area contributed by atoms with Crippen LogP contribution in [0.3, 0.4) is 0 Å². The summed E-state index contributed by atoms with van der Waals surface area (Å²) in [5.41, 5.74) is 6.52. The third-order valence-electron chi connectivity index (χ3n) is 5.39. The number of nitrogens with one attached hydrogen (secondary N) is 1. The highest BCUT2D eigenvalue weighted by molar-refractivity contribution is 6.01. The van der Waals surface area contributed by atoms with Crippen LogP contribution in [0.5, 0.6) is 11.5 Å². The fourth-order valence-corrected chi connectivity index (χ4v) is 3.60. The fourth-order valence-electron chi connectivity index (χ4n) is 3.60. The highest BCUT2D eigenvalue weighted by Gasteiger charge is 2.37. The number of amides is 3. The van der Waals surface area contributed by atoms with Gasteiger partial charge in [0.05, 0.1) is 5.92 Å². The van der Waals surface area contributed by atoms with E-state index in [1.807, 2.05) is 0 Å². The number of carbonyl (C=O) groups excluding carboxylic acids is 4. The van der Waals surface area contributed by atoms with Gasteiger partial charge in [-0.1, -0.05) is 0 Å². The lowest BCUT2D eigenvalue weighted by atomic mass is 10.1. The van der Waals surface area contributed by atoms with Crippen LogP contribution in [0.15, 0.2) is 42.5 Å². The van der Waals surface area contributed by atoms with Gasteiger partial charge in [0.15, 0.2) is 17.6 Å². The average Bonchev–Trinajstić information content (AvgIpc) is 3.20. The number of rotatable bonds is 6. The maximum atomic E-state index is 12.6. The number of hydrogen-bond donors (Lipinski definition) is 2. The summed E-state index contributed by atoms with van der Waals surface area (Å²) in [6, 6.07) is 11.2. The molecule has 0 saturated carbocycles. The number of carbonyl (C=O) groups is 4. The summed E-state index contributed by atoms with van der Waals surface area (Å²) >= 11 is 0. The van der Waals surface area contributed by atoms with Crippen LogP contribution in [0.2, 0.25) is 0 Å². The van der Waals surface area contributed by atoms with E-state index in [0.717, 1.165) is 0 Å². The van der Waals surface area contributed by atoms with E-state index in [0.29, 0.717) is 41.7 Å². The minimum absolute atomic E-state index is 0.0177. The molecule has 33 heavy (non-hydrogen) atoms. The molecule has 4 rings (SSSR count). The number of anilines is 2. The third kappa shape index (κ3) is 4.89. The van der Waals surface area contributed by atoms with Crippen LogP contribution in [0.25, 0.3) is 0 Å². The third-order valence-corrected chi connectivity index (χ3v) is 5.39. The van der Waals surface area contributed by atoms with Crippen LogP contribution in [-0.2, 0) is 19.1 Å². The molecule has 2 aromatic carbocycles. The molecule has 0 bridgehead atoms. The zero-order valence-corrected chi connectivity index (χ0v) is 17.9. The van der Waals surface area contributed by atoms with Gasteiger partial charge in [-0.05, 0) is 43.3 Å². The Morgan fingerprint density at radius 1 is 1.09 bits per heavy atom. The molecule has 10 nitrogen and oxygen atoms in total. The van der Waals surface area contributed by atoms with Crippen LogP contribution in [-0.4, -0.2) is 49.6 Å². The molecule has 0 aliphatic carbocycles. The van der Waals surface area contributed by atoms with Crippen molar-refractivity contribution in [3.8, 4) is 11.5 Å². The molecule has 3 amide bonds. The van der Waals surface area contributed by atoms with Gasteiger partial charge in [-0.25, -0.2) is 0 Å². The Kier molecular flexibility index (Phi) is 6.16. The van der Waals surface area contributed by atoms with Gasteiger partial charge in [0, 0.05) is 36.0 Å². The Balaban J connectivity index is 1.34. The number of nitrogens with two attached hydrogens (primary N) is 1. The molecule has 2 aliphatic rings. The Morgan fingerprint density at radius 3 is 2.48 bits per heavy atom. The van der Waals surface area contributed by atoms with Gasteiger partial charge in [0.25, 0.3) is 5.91 Å². The molecule has 0 unspecified atom stereocenters. The lowest BCUT2D eigenvalue weighted by molar-refractivity contribution is -0.157. The molecule has 2 aromatic rings. The normalized spacial score (nSPS) is 17.9. The van der Waals surface area contributed by atoms with Crippen LogP contribution in [0.1, 0.15) is 23.7 Å². The van der Waals surface area contributed by atoms with Crippen molar-refractivity contribution in [2.24, 2.45) is 11.7 Å². The lowest BCUT2D eigenvalue weighted by Crippen LogP contribution is -2.33. The second-order valence-electron chi connectivity index (χ2n) is 7.74. The van der Waals surface area contributed by atoms with Crippen molar-refractivity contribution in [1.82, 2.24) is 0 Å². The van der Waals surface area contributed by atoms with Gasteiger partial charge < -0.3 is 30.2 Å². The van der Waals surface area contributed by atoms with Gasteiger partial charge in [0.1, 0.15) is 13.2 Å². The molecule has 0 aromatic heterocycles. The number of benzene rings is 2. The van der Waals surface area contributed by atoms with E-state index in [1.54, 1.807) is 18.2 Å². The molecule has 2 atom stereocenters. The van der Waals surface area contributed by atoms with Crippen molar-refractivity contribution < 1.29 is 33.4 Å². The highest BCUT2D eigenvalue weighted by atomic mass is 16.6. The van der Waals surface area contributed by atoms with Crippen molar-refractivity contribution in [1.29, 1.82) is 0 Å². The quantitative estimate of drug-likeness (QED) is 0.632. The molecule has 10 heteroatoms. The summed E-state index contributed by atoms with van der Waals surface area (Å²) in [4.78, 5) is 50.1. The SMILES string of the molecule is C[C@@H](OC(=O)[C@@H]1CC(=O)N(c2ccc3c(c2)OCCO3)C1)C(=O)Nc1ccc(C(N)=O)cc1. The highest BCUT2D eigenvalue weighted by Crippen LogP contribution is 2.36. The summed E-state index contributed by atoms with van der Waals surface area (Å²) in [5, 5.41) is 2.60. The Morgan fingerprint density at radius 2 is 1.79 bits per heavy atom. The van der Waals surface area contributed by atoms with Gasteiger partial charge in [-0.2, -0.15) is 0 Å². The average molecular weight is 453 g/mol. The Labute approximate surface area is 189 Å². The van der Waals surface area contributed by atoms with E-state index in [4.69, 9.17) is 19.9 Å². The number of hydrogen-bond acceptors (Lipinski definition) is 7. The van der Waals surface area contributed by atoms with Crippen LogP contribution in [0.4, 0.5) is 11.4 Å². The van der Waals surface area contributed by atoms with Gasteiger partial charge >= 0.3 is 5.97 Å². The number of ether oxygens (including phenoxy) is 3. The fraction of sp³-hybridized carbons (Fsp3) is 0.304. The predicted octanol–water partition coefficient (Wildman–Crippen LogP) is 1.48. The van der Waals surface area contributed by atoms with E-state index in [9.17, 15) is 19.2 Å². The minimum atomic E-state index is -1.08. The van der Waals surface area contributed by atoms with Crippen LogP contribution >= 0.6 is 0 Å². The van der Waals surface area contributed by atoms with E-state index >= 15 is 0 Å². The molecule has 0 radical (unpaired) electrons. The maximum Gasteiger partial charge on any atom is 0.312 e. The zero-order valence-electron chi connectivity index (χ0n) is 17.9. The molecule has 0 spiro atoms. The van der Waals surface area contributed by atoms with E-state index in [2.05, 4.69) is 5.32 Å². The van der Waals surface area contributed by atoms with Crippen molar-refractivity contribution in [2.75, 3.05) is 30.0 Å². The molecular weight excluding hydrogens is 430 g/mol.